The molecule has 0 unspecified atom stereocenters. The minimum absolute atomic E-state index is 0.895. The molecule has 0 heterocycles. The van der Waals surface area contributed by atoms with Crippen molar-refractivity contribution in [2.24, 2.45) is 0 Å². The van der Waals surface area contributed by atoms with Crippen LogP contribution in [0.25, 0.3) is 60.5 Å². The summed E-state index contributed by atoms with van der Waals surface area (Å²) in [5.74, 6) is 0. The van der Waals surface area contributed by atoms with Crippen molar-refractivity contribution in [2.45, 2.75) is 34.1 Å². The lowest BCUT2D eigenvalue weighted by atomic mass is 9.88. The Kier molecular flexibility index (Phi) is 6.20. The molecule has 0 saturated carbocycles. The lowest BCUT2D eigenvalue weighted by Crippen LogP contribution is -1.95. The highest BCUT2D eigenvalue weighted by atomic mass is 14.2. The van der Waals surface area contributed by atoms with Crippen molar-refractivity contribution in [3.8, 4) is 33.4 Å². The van der Waals surface area contributed by atoms with E-state index in [-0.39, 0.29) is 0 Å². The summed E-state index contributed by atoms with van der Waals surface area (Å²) in [7, 11) is 0. The zero-order chi connectivity index (χ0) is 28.1. The third kappa shape index (κ3) is 4.23. The van der Waals surface area contributed by atoms with Gasteiger partial charge in [-0.25, -0.2) is 0 Å². The standard InChI is InChI=1S/C41H34/c1-5-10-29(19-20-32-14-7-13-30-12-6-11-27(3)40(30)32)37-23-26(2)24-38(28(37)4)33-21-22-34-35-17-8-15-31-16-9-18-36(41(31)35)39(34)25-33/h5-19,21-25H,20H2,1-4H3/b10-5-,29-19+. The third-order valence-corrected chi connectivity index (χ3v) is 8.77. The van der Waals surface area contributed by atoms with Crippen LogP contribution in [0.3, 0.4) is 0 Å². The van der Waals surface area contributed by atoms with Gasteiger partial charge in [0.05, 0.1) is 0 Å². The van der Waals surface area contributed by atoms with Crippen molar-refractivity contribution in [2.75, 3.05) is 0 Å². The summed E-state index contributed by atoms with van der Waals surface area (Å²) < 4.78 is 0. The van der Waals surface area contributed by atoms with Crippen LogP contribution in [0.1, 0.15) is 34.7 Å². The molecule has 1 aliphatic carbocycles. The Bertz CT molecular complexity index is 2040. The maximum atomic E-state index is 2.41. The van der Waals surface area contributed by atoms with Crippen LogP contribution in [0, 0.1) is 20.8 Å². The van der Waals surface area contributed by atoms with E-state index in [0.29, 0.717) is 0 Å². The highest BCUT2D eigenvalue weighted by Gasteiger charge is 2.22. The summed E-state index contributed by atoms with van der Waals surface area (Å²) in [5.41, 5.74) is 15.9. The number of fused-ring (bicyclic) bond motifs is 4. The SMILES string of the molecule is C/C=C\C(=C/Cc1cccc2cccc(C)c12)c1cc(C)cc(-c2ccc3c(c2)-c2cccc4cccc-3c24)c1C. The molecule has 0 N–H and O–H groups in total. The van der Waals surface area contributed by atoms with Gasteiger partial charge in [0.15, 0.2) is 0 Å². The average molecular weight is 527 g/mol. The van der Waals surface area contributed by atoms with Gasteiger partial charge in [-0.2, -0.15) is 0 Å². The van der Waals surface area contributed by atoms with Gasteiger partial charge in [0.2, 0.25) is 0 Å². The number of hydrogen-bond donors (Lipinski definition) is 0. The molecular formula is C41H34. The zero-order valence-electron chi connectivity index (χ0n) is 24.3. The zero-order valence-corrected chi connectivity index (χ0v) is 24.3. The highest BCUT2D eigenvalue weighted by Crippen LogP contribution is 2.48. The van der Waals surface area contributed by atoms with Gasteiger partial charge >= 0.3 is 0 Å². The van der Waals surface area contributed by atoms with Crippen LogP contribution in [0.2, 0.25) is 0 Å². The second-order valence-corrected chi connectivity index (χ2v) is 11.4. The Hall–Kier alpha value is -4.68. The molecular weight excluding hydrogens is 492 g/mol. The van der Waals surface area contributed by atoms with E-state index >= 15 is 0 Å². The monoisotopic (exact) mass is 526 g/mol. The van der Waals surface area contributed by atoms with Crippen LogP contribution in [0.15, 0.2) is 121 Å². The second kappa shape index (κ2) is 10.1. The molecule has 0 atom stereocenters. The molecule has 0 aliphatic heterocycles. The molecule has 0 amide bonds. The van der Waals surface area contributed by atoms with Gasteiger partial charge in [0.25, 0.3) is 0 Å². The van der Waals surface area contributed by atoms with Crippen LogP contribution in [0.5, 0.6) is 0 Å². The molecule has 0 bridgehead atoms. The molecule has 0 heteroatoms. The maximum Gasteiger partial charge on any atom is -0.00264 e. The Balaban J connectivity index is 1.33. The molecule has 0 saturated heterocycles. The molecule has 0 nitrogen and oxygen atoms in total. The quantitative estimate of drug-likeness (QED) is 0.196. The third-order valence-electron chi connectivity index (χ3n) is 8.77. The predicted molar refractivity (Wildman–Crippen MR) is 178 cm³/mol. The number of rotatable bonds is 5. The first-order chi connectivity index (χ1) is 20.0. The topological polar surface area (TPSA) is 0 Å². The number of aryl methyl sites for hydroxylation is 2. The summed E-state index contributed by atoms with van der Waals surface area (Å²) in [6.07, 6.45) is 7.73. The van der Waals surface area contributed by atoms with Crippen molar-refractivity contribution in [1.82, 2.24) is 0 Å². The van der Waals surface area contributed by atoms with Crippen molar-refractivity contribution < 1.29 is 0 Å². The molecule has 6 aromatic carbocycles. The van der Waals surface area contributed by atoms with Gasteiger partial charge in [0, 0.05) is 0 Å². The van der Waals surface area contributed by atoms with Gasteiger partial charge in [0.1, 0.15) is 0 Å². The molecule has 0 radical (unpaired) electrons. The molecule has 41 heavy (non-hydrogen) atoms. The fourth-order valence-corrected chi connectivity index (χ4v) is 6.87. The average Bonchev–Trinajstić information content (AvgIpc) is 3.31. The minimum atomic E-state index is 0.895. The summed E-state index contributed by atoms with van der Waals surface area (Å²) in [6.45, 7) is 8.83. The van der Waals surface area contributed by atoms with Gasteiger partial charge in [-0.15, -0.1) is 0 Å². The van der Waals surface area contributed by atoms with Gasteiger partial charge in [-0.1, -0.05) is 115 Å². The van der Waals surface area contributed by atoms with Crippen molar-refractivity contribution in [3.05, 3.63) is 149 Å². The molecule has 1 aliphatic rings. The van der Waals surface area contributed by atoms with Gasteiger partial charge < -0.3 is 0 Å². The van der Waals surface area contributed by atoms with Crippen molar-refractivity contribution >= 4 is 27.1 Å². The lowest BCUT2D eigenvalue weighted by Gasteiger charge is -2.16. The van der Waals surface area contributed by atoms with E-state index in [2.05, 4.69) is 149 Å². The van der Waals surface area contributed by atoms with E-state index < -0.39 is 0 Å². The smallest absolute Gasteiger partial charge is 0.00264 e. The van der Waals surface area contributed by atoms with E-state index in [1.165, 1.54) is 88.3 Å². The van der Waals surface area contributed by atoms with Crippen molar-refractivity contribution in [1.29, 1.82) is 0 Å². The largest absolute Gasteiger partial charge is 0.0871 e. The van der Waals surface area contributed by atoms with Crippen LogP contribution in [-0.4, -0.2) is 0 Å². The Morgan fingerprint density at radius 3 is 2.05 bits per heavy atom. The molecule has 198 valence electrons. The number of benzene rings is 6. The first-order valence-corrected chi connectivity index (χ1v) is 14.6. The van der Waals surface area contributed by atoms with Gasteiger partial charge in [-0.3, -0.25) is 0 Å². The van der Waals surface area contributed by atoms with Crippen LogP contribution >= 0.6 is 0 Å². The van der Waals surface area contributed by atoms with E-state index in [4.69, 9.17) is 0 Å². The van der Waals surface area contributed by atoms with E-state index in [0.717, 1.165) is 6.42 Å². The van der Waals surface area contributed by atoms with Crippen molar-refractivity contribution in [3.63, 3.8) is 0 Å². The number of hydrogen-bond acceptors (Lipinski definition) is 0. The molecule has 7 rings (SSSR count). The second-order valence-electron chi connectivity index (χ2n) is 11.4. The molecule has 0 aromatic heterocycles. The first-order valence-electron chi connectivity index (χ1n) is 14.6. The summed E-state index contributed by atoms with van der Waals surface area (Å²) in [4.78, 5) is 0. The molecule has 0 spiro atoms. The highest BCUT2D eigenvalue weighted by molar-refractivity contribution is 6.15. The Morgan fingerprint density at radius 1 is 0.610 bits per heavy atom. The predicted octanol–water partition coefficient (Wildman–Crippen LogP) is 11.4. The van der Waals surface area contributed by atoms with Gasteiger partial charge in [-0.05, 0) is 128 Å². The summed E-state index contributed by atoms with van der Waals surface area (Å²) >= 11 is 0. The number of allylic oxidation sites excluding steroid dienone is 4. The van der Waals surface area contributed by atoms with Crippen LogP contribution in [0.4, 0.5) is 0 Å². The summed E-state index contributed by atoms with van der Waals surface area (Å²) in [6, 6.07) is 38.4. The molecule has 0 fully saturated rings. The normalized spacial score (nSPS) is 12.5. The fourth-order valence-electron chi connectivity index (χ4n) is 6.87. The summed E-state index contributed by atoms with van der Waals surface area (Å²) in [5, 5.41) is 5.38. The van der Waals surface area contributed by atoms with E-state index in [9.17, 15) is 0 Å². The maximum absolute atomic E-state index is 2.41. The molecule has 6 aromatic rings. The Morgan fingerprint density at radius 2 is 1.29 bits per heavy atom. The van der Waals surface area contributed by atoms with E-state index in [1.54, 1.807) is 0 Å². The van der Waals surface area contributed by atoms with Crippen LogP contribution in [-0.2, 0) is 6.42 Å². The van der Waals surface area contributed by atoms with Crippen LogP contribution < -0.4 is 0 Å². The first kappa shape index (κ1) is 25.3. The van der Waals surface area contributed by atoms with E-state index in [1.807, 2.05) is 0 Å². The minimum Gasteiger partial charge on any atom is -0.0871 e. The lowest BCUT2D eigenvalue weighted by molar-refractivity contribution is 1.28. The fraction of sp³-hybridized carbons (Fsp3) is 0.122. The Labute approximate surface area is 243 Å².